The van der Waals surface area contributed by atoms with Crippen LogP contribution in [0, 0.1) is 11.3 Å². The van der Waals surface area contributed by atoms with E-state index < -0.39 is 34.9 Å². The molecular weight excluding hydrogens is 544 g/mol. The molecule has 1 rings (SSSR count). The standard InChI is InChI=1S/C31H48N4O5.C3H8/c1-20(2)23(16-17-24(36)37)33-27(38)21(3)18-19-35(10)29(40)26(30(4,5)6)34-28(39)25(32-9)31(7,8)22-14-12-11-13-15-22;1-3-2/h11-18,20,23,25-26,32H,19H2,1-10H3,(H,33,38)(H,34,39)(H,36,37);3H2,1-2H3/b17-16+,21-18+;/t23?,25-,26?;/m1./s1. The monoisotopic (exact) mass is 600 g/mol. The summed E-state index contributed by atoms with van der Waals surface area (Å²) in [6.45, 7) is 19.5. The number of hydrogen-bond donors (Lipinski definition) is 4. The maximum atomic E-state index is 13.6. The van der Waals surface area contributed by atoms with Gasteiger partial charge in [-0.25, -0.2) is 4.79 Å². The molecule has 3 amide bonds. The molecule has 9 heteroatoms. The van der Waals surface area contributed by atoms with E-state index in [4.69, 9.17) is 5.11 Å². The number of amides is 3. The molecule has 4 N–H and O–H groups in total. The highest BCUT2D eigenvalue weighted by atomic mass is 16.4. The Hall–Kier alpha value is -3.46. The van der Waals surface area contributed by atoms with Crippen molar-refractivity contribution in [1.29, 1.82) is 0 Å². The number of likely N-dealkylation sites (N-methyl/N-ethyl adjacent to an activating group) is 2. The summed E-state index contributed by atoms with van der Waals surface area (Å²) < 4.78 is 0. The summed E-state index contributed by atoms with van der Waals surface area (Å²) in [5, 5.41) is 17.8. The average Bonchev–Trinajstić information content (AvgIpc) is 2.92. The molecule has 1 aromatic carbocycles. The molecule has 0 aliphatic rings. The maximum absolute atomic E-state index is 13.6. The first kappa shape index (κ1) is 39.5. The van der Waals surface area contributed by atoms with Gasteiger partial charge in [-0.05, 0) is 30.9 Å². The zero-order valence-electron chi connectivity index (χ0n) is 28.4. The fourth-order valence-electron chi connectivity index (χ4n) is 4.29. The lowest BCUT2D eigenvalue weighted by Gasteiger charge is -2.38. The Bertz CT molecular complexity index is 1100. The molecular formula is C34H56N4O5. The molecule has 0 bridgehead atoms. The van der Waals surface area contributed by atoms with Gasteiger partial charge in [0.05, 0.1) is 12.1 Å². The summed E-state index contributed by atoms with van der Waals surface area (Å²) in [5.41, 5.74) is 0.272. The topological polar surface area (TPSA) is 128 Å². The lowest BCUT2D eigenvalue weighted by molar-refractivity contribution is -0.139. The molecule has 0 aliphatic heterocycles. The molecule has 0 radical (unpaired) electrons. The summed E-state index contributed by atoms with van der Waals surface area (Å²) in [6.07, 6.45) is 5.35. The fraction of sp³-hybridized carbons (Fsp3) is 0.588. The molecule has 0 spiro atoms. The zero-order chi connectivity index (χ0) is 33.5. The molecule has 1 aromatic rings. The Kier molecular flexibility index (Phi) is 16.8. The van der Waals surface area contributed by atoms with Gasteiger partial charge in [0.2, 0.25) is 17.7 Å². The molecule has 242 valence electrons. The third-order valence-corrected chi connectivity index (χ3v) is 7.06. The van der Waals surface area contributed by atoms with Crippen LogP contribution in [0.25, 0.3) is 0 Å². The van der Waals surface area contributed by atoms with Crippen molar-refractivity contribution >= 4 is 23.7 Å². The van der Waals surface area contributed by atoms with Crippen LogP contribution in [0.3, 0.4) is 0 Å². The van der Waals surface area contributed by atoms with Gasteiger partial charge in [-0.2, -0.15) is 0 Å². The Morgan fingerprint density at radius 1 is 0.953 bits per heavy atom. The van der Waals surface area contributed by atoms with Crippen LogP contribution >= 0.6 is 0 Å². The zero-order valence-corrected chi connectivity index (χ0v) is 28.4. The fourth-order valence-corrected chi connectivity index (χ4v) is 4.29. The Balaban J connectivity index is 0.00000562. The maximum Gasteiger partial charge on any atom is 0.328 e. The van der Waals surface area contributed by atoms with Gasteiger partial charge in [-0.15, -0.1) is 0 Å². The molecule has 3 atom stereocenters. The van der Waals surface area contributed by atoms with E-state index in [2.05, 4.69) is 29.8 Å². The van der Waals surface area contributed by atoms with Gasteiger partial charge in [-0.3, -0.25) is 14.4 Å². The van der Waals surface area contributed by atoms with Crippen molar-refractivity contribution in [2.75, 3.05) is 20.6 Å². The highest BCUT2D eigenvalue weighted by Crippen LogP contribution is 2.28. The number of carbonyl (C=O) groups is 4. The van der Waals surface area contributed by atoms with Crippen molar-refractivity contribution < 1.29 is 24.3 Å². The number of nitrogens with one attached hydrogen (secondary N) is 3. The van der Waals surface area contributed by atoms with Gasteiger partial charge in [0.1, 0.15) is 6.04 Å². The van der Waals surface area contributed by atoms with Crippen LogP contribution in [0.5, 0.6) is 0 Å². The predicted octanol–water partition coefficient (Wildman–Crippen LogP) is 4.69. The van der Waals surface area contributed by atoms with E-state index >= 15 is 0 Å². The summed E-state index contributed by atoms with van der Waals surface area (Å²) in [7, 11) is 3.36. The van der Waals surface area contributed by atoms with E-state index in [1.165, 1.54) is 17.4 Å². The molecule has 2 unspecified atom stereocenters. The Morgan fingerprint density at radius 3 is 1.93 bits per heavy atom. The van der Waals surface area contributed by atoms with E-state index in [0.29, 0.717) is 5.57 Å². The summed E-state index contributed by atoms with van der Waals surface area (Å²) >= 11 is 0. The van der Waals surface area contributed by atoms with Crippen LogP contribution < -0.4 is 16.0 Å². The molecule has 0 aliphatic carbocycles. The van der Waals surface area contributed by atoms with Gasteiger partial charge in [0.25, 0.3) is 0 Å². The summed E-state index contributed by atoms with van der Waals surface area (Å²) in [6, 6.07) is 7.91. The number of nitrogens with zero attached hydrogens (tertiary/aromatic N) is 1. The molecule has 43 heavy (non-hydrogen) atoms. The minimum atomic E-state index is -1.09. The first-order valence-corrected chi connectivity index (χ1v) is 15.0. The van der Waals surface area contributed by atoms with Gasteiger partial charge in [0.15, 0.2) is 0 Å². The minimum Gasteiger partial charge on any atom is -0.478 e. The van der Waals surface area contributed by atoms with Crippen molar-refractivity contribution in [1.82, 2.24) is 20.9 Å². The van der Waals surface area contributed by atoms with E-state index in [1.54, 1.807) is 27.1 Å². The van der Waals surface area contributed by atoms with Gasteiger partial charge in [-0.1, -0.05) is 111 Å². The van der Waals surface area contributed by atoms with Crippen LogP contribution in [-0.2, 0) is 24.6 Å². The number of carboxylic acids is 1. The Morgan fingerprint density at radius 2 is 1.49 bits per heavy atom. The second kappa shape index (κ2) is 18.3. The normalized spacial score (nSPS) is 14.3. The third-order valence-electron chi connectivity index (χ3n) is 7.06. The summed E-state index contributed by atoms with van der Waals surface area (Å²) in [5.74, 6) is -2.01. The molecule has 0 heterocycles. The number of hydrogen-bond acceptors (Lipinski definition) is 5. The average molecular weight is 601 g/mol. The van der Waals surface area contributed by atoms with Crippen LogP contribution in [0.15, 0.2) is 54.1 Å². The van der Waals surface area contributed by atoms with Gasteiger partial charge in [0, 0.05) is 30.7 Å². The van der Waals surface area contributed by atoms with Crippen LogP contribution in [-0.4, -0.2) is 72.5 Å². The van der Waals surface area contributed by atoms with Crippen LogP contribution in [0.2, 0.25) is 0 Å². The van der Waals surface area contributed by atoms with E-state index in [1.807, 2.05) is 78.8 Å². The quantitative estimate of drug-likeness (QED) is 0.243. The molecule has 9 nitrogen and oxygen atoms in total. The largest absolute Gasteiger partial charge is 0.478 e. The lowest BCUT2D eigenvalue weighted by atomic mass is 9.76. The molecule has 0 aromatic heterocycles. The lowest BCUT2D eigenvalue weighted by Crippen LogP contribution is -2.60. The van der Waals surface area contributed by atoms with Gasteiger partial charge >= 0.3 is 5.97 Å². The molecule has 0 fully saturated rings. The third kappa shape index (κ3) is 13.2. The second-order valence-corrected chi connectivity index (χ2v) is 12.9. The first-order chi connectivity index (χ1) is 19.8. The molecule has 0 saturated heterocycles. The van der Waals surface area contributed by atoms with E-state index in [-0.39, 0.29) is 30.2 Å². The van der Waals surface area contributed by atoms with Crippen molar-refractivity contribution in [3.05, 3.63) is 59.7 Å². The highest BCUT2D eigenvalue weighted by molar-refractivity contribution is 5.94. The number of carboxylic acid groups (broad SMARTS) is 1. The molecule has 0 saturated carbocycles. The minimum absolute atomic E-state index is 0.0129. The SMILES string of the molecule is CCC.CN[C@H](C(=O)NC(C(=O)N(C)C/C=C(\C)C(=O)NC(/C=C/C(=O)O)C(C)C)C(C)(C)C)C(C)(C)c1ccccc1. The first-order valence-electron chi connectivity index (χ1n) is 15.0. The van der Waals surface area contributed by atoms with E-state index in [0.717, 1.165) is 11.6 Å². The second-order valence-electron chi connectivity index (χ2n) is 12.9. The predicted molar refractivity (Wildman–Crippen MR) is 175 cm³/mol. The number of carbonyl (C=O) groups excluding carboxylic acids is 3. The number of benzene rings is 1. The van der Waals surface area contributed by atoms with Crippen LogP contribution in [0.1, 0.15) is 81.2 Å². The van der Waals surface area contributed by atoms with Crippen molar-refractivity contribution in [3.63, 3.8) is 0 Å². The highest BCUT2D eigenvalue weighted by Gasteiger charge is 2.40. The number of rotatable bonds is 13. The van der Waals surface area contributed by atoms with Crippen LogP contribution in [0.4, 0.5) is 0 Å². The number of aliphatic carboxylic acids is 1. The smallest absolute Gasteiger partial charge is 0.328 e. The van der Waals surface area contributed by atoms with E-state index in [9.17, 15) is 19.2 Å². The Labute approximate surface area is 259 Å². The summed E-state index contributed by atoms with van der Waals surface area (Å²) in [4.78, 5) is 52.2. The van der Waals surface area contributed by atoms with Crippen molar-refractivity contribution in [2.24, 2.45) is 11.3 Å². The van der Waals surface area contributed by atoms with Gasteiger partial charge < -0.3 is 26.0 Å². The van der Waals surface area contributed by atoms with Crippen molar-refractivity contribution in [2.45, 2.75) is 99.2 Å². The van der Waals surface area contributed by atoms with Crippen molar-refractivity contribution in [3.8, 4) is 0 Å².